The fraction of sp³-hybridized carbons (Fsp3) is 0.455. The van der Waals surface area contributed by atoms with Gasteiger partial charge >= 0.3 is 13.5 Å². The zero-order valence-corrected chi connectivity index (χ0v) is 20.1. The second-order valence-electron chi connectivity index (χ2n) is 8.35. The van der Waals surface area contributed by atoms with Crippen molar-refractivity contribution in [3.63, 3.8) is 0 Å². The van der Waals surface area contributed by atoms with Crippen LogP contribution in [0.3, 0.4) is 0 Å². The molecule has 1 aliphatic rings. The highest BCUT2D eigenvalue weighted by Crippen LogP contribution is 2.44. The van der Waals surface area contributed by atoms with E-state index >= 15 is 0 Å². The van der Waals surface area contributed by atoms with E-state index in [0.29, 0.717) is 29.3 Å². The minimum atomic E-state index is -3.63. The molecule has 34 heavy (non-hydrogen) atoms. The lowest BCUT2D eigenvalue weighted by Gasteiger charge is -2.28. The highest BCUT2D eigenvalue weighted by Gasteiger charge is 2.33. The number of aromatic nitrogens is 4. The summed E-state index contributed by atoms with van der Waals surface area (Å²) in [7, 11) is -3.63. The van der Waals surface area contributed by atoms with Crippen molar-refractivity contribution in [2.24, 2.45) is 0 Å². The molecule has 3 N–H and O–H groups in total. The monoisotopic (exact) mass is 488 g/mol. The molecule has 0 amide bonds. The van der Waals surface area contributed by atoms with E-state index in [1.54, 1.807) is 42.1 Å². The van der Waals surface area contributed by atoms with Gasteiger partial charge in [0.25, 0.3) is 0 Å². The van der Waals surface area contributed by atoms with Gasteiger partial charge in [0, 0.05) is 0 Å². The summed E-state index contributed by atoms with van der Waals surface area (Å²) in [6, 6.07) is 7.93. The first-order valence-electron chi connectivity index (χ1n) is 11.2. The van der Waals surface area contributed by atoms with Gasteiger partial charge in [-0.05, 0) is 45.2 Å². The fourth-order valence-corrected chi connectivity index (χ4v) is 5.22. The first-order valence-corrected chi connectivity index (χ1v) is 13.0. The van der Waals surface area contributed by atoms with Gasteiger partial charge in [0.2, 0.25) is 0 Å². The van der Waals surface area contributed by atoms with Gasteiger partial charge in [-0.3, -0.25) is 9.36 Å². The molecule has 1 aliphatic carbocycles. The number of anilines is 1. The fourth-order valence-electron chi connectivity index (χ4n) is 3.43. The van der Waals surface area contributed by atoms with E-state index in [9.17, 15) is 9.36 Å². The lowest BCUT2D eigenvalue weighted by Crippen LogP contribution is -2.39. The Morgan fingerprint density at radius 1 is 1.24 bits per heavy atom. The van der Waals surface area contributed by atoms with E-state index < -0.39 is 19.5 Å². The maximum absolute atomic E-state index is 13.7. The molecule has 2 aromatic heterocycles. The average Bonchev–Trinajstić information content (AvgIpc) is 3.19. The Labute approximate surface area is 197 Å². The number of benzene rings is 1. The van der Waals surface area contributed by atoms with E-state index in [1.807, 2.05) is 13.0 Å². The Balaban J connectivity index is 1.42. The molecule has 4 rings (SSSR count). The van der Waals surface area contributed by atoms with Gasteiger partial charge in [0.15, 0.2) is 11.5 Å². The molecule has 0 unspecified atom stereocenters. The number of esters is 1. The molecule has 2 heterocycles. The van der Waals surface area contributed by atoms with E-state index in [4.69, 9.17) is 19.7 Å². The minimum absolute atomic E-state index is 0.0645. The number of carbonyl (C=O) groups excluding carboxylic acids is 1. The number of imidazole rings is 1. The molecule has 3 aromatic rings. The van der Waals surface area contributed by atoms with Gasteiger partial charge in [0.1, 0.15) is 36.1 Å². The van der Waals surface area contributed by atoms with Gasteiger partial charge in [-0.25, -0.2) is 20.0 Å². The van der Waals surface area contributed by atoms with E-state index in [-0.39, 0.29) is 18.6 Å². The molecule has 182 valence electrons. The smallest absolute Gasteiger partial charge is 0.342 e. The minimum Gasteiger partial charge on any atom is -0.461 e. The molecule has 3 atom stereocenters. The molecule has 0 saturated heterocycles. The number of para-hydroxylation sites is 1. The maximum atomic E-state index is 13.7. The predicted molar refractivity (Wildman–Crippen MR) is 126 cm³/mol. The maximum Gasteiger partial charge on any atom is 0.342 e. The van der Waals surface area contributed by atoms with Crippen molar-refractivity contribution in [1.29, 1.82) is 0 Å². The third kappa shape index (κ3) is 5.91. The van der Waals surface area contributed by atoms with Gasteiger partial charge in [-0.2, -0.15) is 0 Å². The summed E-state index contributed by atoms with van der Waals surface area (Å²) >= 11 is 0. The summed E-state index contributed by atoms with van der Waals surface area (Å²) in [6.07, 6.45) is 5.04. The van der Waals surface area contributed by atoms with Crippen molar-refractivity contribution in [1.82, 2.24) is 24.6 Å². The summed E-state index contributed by atoms with van der Waals surface area (Å²) in [5.41, 5.74) is 6.93. The number of carbonyl (C=O) groups is 1. The van der Waals surface area contributed by atoms with Crippen LogP contribution in [0.15, 0.2) is 43.0 Å². The Bertz CT molecular complexity index is 1170. The zero-order valence-electron chi connectivity index (χ0n) is 19.2. The van der Waals surface area contributed by atoms with Crippen LogP contribution < -0.4 is 15.3 Å². The number of nitrogens with zero attached hydrogens (tertiary/aromatic N) is 4. The lowest BCUT2D eigenvalue weighted by molar-refractivity contribution is -0.154. The summed E-state index contributed by atoms with van der Waals surface area (Å²) in [5.74, 6) is 0.240. The Kier molecular flexibility index (Phi) is 7.45. The molecular weight excluding hydrogens is 459 g/mol. The van der Waals surface area contributed by atoms with Crippen molar-refractivity contribution in [2.45, 2.75) is 57.9 Å². The summed E-state index contributed by atoms with van der Waals surface area (Å²) in [6.45, 7) is 3.82. The molecule has 0 spiro atoms. The Morgan fingerprint density at radius 3 is 2.71 bits per heavy atom. The molecule has 11 nitrogen and oxygen atoms in total. The third-order valence-corrected chi connectivity index (χ3v) is 7.26. The second kappa shape index (κ2) is 10.5. The molecule has 0 bridgehead atoms. The van der Waals surface area contributed by atoms with Crippen LogP contribution in [0.1, 0.15) is 33.1 Å². The van der Waals surface area contributed by atoms with Gasteiger partial charge < -0.3 is 24.3 Å². The van der Waals surface area contributed by atoms with Crippen LogP contribution in [-0.4, -0.2) is 50.1 Å². The summed E-state index contributed by atoms with van der Waals surface area (Å²) < 4.78 is 32.6. The number of nitrogens with two attached hydrogens (primary N) is 1. The predicted octanol–water partition coefficient (Wildman–Crippen LogP) is 3.12. The van der Waals surface area contributed by atoms with Crippen LogP contribution in [0, 0.1) is 0 Å². The summed E-state index contributed by atoms with van der Waals surface area (Å²) in [4.78, 5) is 24.8. The molecule has 1 fully saturated rings. The number of hydrogen-bond donors (Lipinski definition) is 2. The molecule has 0 radical (unpaired) electrons. The Morgan fingerprint density at radius 2 is 2.00 bits per heavy atom. The van der Waals surface area contributed by atoms with E-state index in [0.717, 1.165) is 19.3 Å². The van der Waals surface area contributed by atoms with Crippen LogP contribution in [-0.2, 0) is 25.4 Å². The molecule has 12 heteroatoms. The first-order chi connectivity index (χ1) is 16.3. The van der Waals surface area contributed by atoms with Crippen molar-refractivity contribution < 1.29 is 23.4 Å². The number of fused-ring (bicyclic) bond motifs is 1. The number of ether oxygens (including phenoxy) is 2. The number of nitrogen functional groups attached to an aromatic ring is 1. The normalized spacial score (nSPS) is 17.5. The lowest BCUT2D eigenvalue weighted by atomic mass is 9.96. The molecule has 1 aromatic carbocycles. The van der Waals surface area contributed by atoms with E-state index in [1.165, 1.54) is 6.33 Å². The summed E-state index contributed by atoms with van der Waals surface area (Å²) in [5, 5.41) is 2.82. The largest absolute Gasteiger partial charge is 0.461 e. The standard InChI is InChI=1S/C22H29N6O5P/c1-15(11-28-13-26-19-20(23)24-12-25-21(19)28)31-14-34(30,33-18-7-4-3-5-8-18)27-16(2)22(29)32-17-9-6-10-17/h3-5,7-8,12-13,15-17H,6,9-11,14H2,1-2H3,(H,27,30)(H2,23,24,25)/t15-,16+,34-/m1/s1. The first kappa shape index (κ1) is 24.1. The highest BCUT2D eigenvalue weighted by molar-refractivity contribution is 7.57. The van der Waals surface area contributed by atoms with Crippen LogP contribution in [0.25, 0.3) is 11.2 Å². The quantitative estimate of drug-likeness (QED) is 0.305. The SMILES string of the molecule is C[C@H](Cn1cnc2c(N)ncnc21)OC[P@](=O)(N[C@@H](C)C(=O)OC1CCC1)Oc1ccccc1. The topological polar surface area (TPSA) is 143 Å². The van der Waals surface area contributed by atoms with Gasteiger partial charge in [-0.15, -0.1) is 0 Å². The zero-order chi connectivity index (χ0) is 24.1. The molecular formula is C22H29N6O5P. The highest BCUT2D eigenvalue weighted by atomic mass is 31.2. The van der Waals surface area contributed by atoms with Crippen LogP contribution >= 0.6 is 7.52 Å². The molecule has 0 aliphatic heterocycles. The van der Waals surface area contributed by atoms with E-state index in [2.05, 4.69) is 20.0 Å². The van der Waals surface area contributed by atoms with Crippen molar-refractivity contribution >= 4 is 30.5 Å². The van der Waals surface area contributed by atoms with Crippen molar-refractivity contribution in [3.8, 4) is 5.75 Å². The Hall–Kier alpha value is -3.01. The van der Waals surface area contributed by atoms with Crippen molar-refractivity contribution in [2.75, 3.05) is 12.1 Å². The number of hydrogen-bond acceptors (Lipinski definition) is 9. The average molecular weight is 488 g/mol. The third-order valence-electron chi connectivity index (χ3n) is 5.49. The number of rotatable bonds is 11. The van der Waals surface area contributed by atoms with Crippen LogP contribution in [0.4, 0.5) is 5.82 Å². The van der Waals surface area contributed by atoms with Gasteiger partial charge in [-0.1, -0.05) is 18.2 Å². The van der Waals surface area contributed by atoms with Crippen LogP contribution in [0.5, 0.6) is 5.75 Å². The van der Waals surface area contributed by atoms with Crippen molar-refractivity contribution in [3.05, 3.63) is 43.0 Å². The van der Waals surface area contributed by atoms with Gasteiger partial charge in [0.05, 0.1) is 19.0 Å². The van der Waals surface area contributed by atoms with Crippen LogP contribution in [0.2, 0.25) is 0 Å². The number of nitrogens with one attached hydrogen (secondary N) is 1. The molecule has 1 saturated carbocycles. The second-order valence-corrected chi connectivity index (χ2v) is 10.4.